The van der Waals surface area contributed by atoms with Crippen LogP contribution in [0.2, 0.25) is 0 Å². The van der Waals surface area contributed by atoms with Crippen LogP contribution in [-0.4, -0.2) is 30.3 Å². The SMILES string of the molecule is COc1ccc(C(=O)NC(=S)Nc2ccc(-c3ccc(CO)o3)cc2)cc1OC. The van der Waals surface area contributed by atoms with Crippen molar-refractivity contribution in [3.8, 4) is 22.8 Å². The molecule has 0 unspecified atom stereocenters. The van der Waals surface area contributed by atoms with Crippen LogP contribution in [0.3, 0.4) is 0 Å². The molecule has 7 nitrogen and oxygen atoms in total. The Morgan fingerprint density at radius 2 is 1.76 bits per heavy atom. The maximum absolute atomic E-state index is 12.4. The van der Waals surface area contributed by atoms with Gasteiger partial charge in [-0.2, -0.15) is 0 Å². The first-order valence-electron chi connectivity index (χ1n) is 8.68. The molecule has 8 heteroatoms. The lowest BCUT2D eigenvalue weighted by Gasteiger charge is -2.12. The molecule has 3 N–H and O–H groups in total. The van der Waals surface area contributed by atoms with Crippen molar-refractivity contribution in [2.75, 3.05) is 19.5 Å². The molecule has 1 aromatic heterocycles. The third kappa shape index (κ3) is 4.92. The second kappa shape index (κ2) is 9.22. The summed E-state index contributed by atoms with van der Waals surface area (Å²) in [5.74, 6) is 1.78. The number of thiocarbonyl (C=S) groups is 1. The van der Waals surface area contributed by atoms with Crippen LogP contribution < -0.4 is 20.1 Å². The Morgan fingerprint density at radius 1 is 1.03 bits per heavy atom. The number of aliphatic hydroxyl groups is 1. The monoisotopic (exact) mass is 412 g/mol. The summed E-state index contributed by atoms with van der Waals surface area (Å²) in [5.41, 5.74) is 1.95. The van der Waals surface area contributed by atoms with Crippen LogP contribution in [-0.2, 0) is 6.61 Å². The maximum atomic E-state index is 12.4. The molecule has 0 aliphatic carbocycles. The van der Waals surface area contributed by atoms with E-state index in [1.807, 2.05) is 24.3 Å². The van der Waals surface area contributed by atoms with E-state index < -0.39 is 0 Å². The Kier molecular flexibility index (Phi) is 6.48. The van der Waals surface area contributed by atoms with Gasteiger partial charge >= 0.3 is 0 Å². The van der Waals surface area contributed by atoms with Gasteiger partial charge in [0.05, 0.1) is 14.2 Å². The third-order valence-corrected chi connectivity index (χ3v) is 4.32. The van der Waals surface area contributed by atoms with Crippen molar-refractivity contribution < 1.29 is 23.8 Å². The lowest BCUT2D eigenvalue weighted by atomic mass is 10.1. The Hall–Kier alpha value is -3.36. The van der Waals surface area contributed by atoms with Crippen molar-refractivity contribution in [1.29, 1.82) is 0 Å². The van der Waals surface area contributed by atoms with E-state index in [2.05, 4.69) is 10.6 Å². The number of nitrogens with one attached hydrogen (secondary N) is 2. The fourth-order valence-electron chi connectivity index (χ4n) is 2.65. The van der Waals surface area contributed by atoms with Gasteiger partial charge < -0.3 is 24.3 Å². The van der Waals surface area contributed by atoms with Crippen molar-refractivity contribution in [2.24, 2.45) is 0 Å². The first-order valence-corrected chi connectivity index (χ1v) is 9.09. The van der Waals surface area contributed by atoms with E-state index in [9.17, 15) is 4.79 Å². The summed E-state index contributed by atoms with van der Waals surface area (Å²) in [7, 11) is 3.03. The van der Waals surface area contributed by atoms with Crippen molar-refractivity contribution in [3.63, 3.8) is 0 Å². The summed E-state index contributed by atoms with van der Waals surface area (Å²) in [6.45, 7) is -0.145. The number of carbonyl (C=O) groups is 1. The summed E-state index contributed by atoms with van der Waals surface area (Å²) in [6.07, 6.45) is 0. The molecule has 2 aromatic carbocycles. The molecule has 1 heterocycles. The molecular formula is C21H20N2O5S. The van der Waals surface area contributed by atoms with Crippen molar-refractivity contribution >= 4 is 28.9 Å². The fraction of sp³-hybridized carbons (Fsp3) is 0.143. The molecule has 0 fully saturated rings. The van der Waals surface area contributed by atoms with Crippen molar-refractivity contribution in [3.05, 3.63) is 65.9 Å². The second-order valence-corrected chi connectivity index (χ2v) is 6.39. The molecule has 1 amide bonds. The lowest BCUT2D eigenvalue weighted by molar-refractivity contribution is 0.0977. The average molecular weight is 412 g/mol. The molecule has 0 atom stereocenters. The van der Waals surface area contributed by atoms with Crippen LogP contribution in [0.15, 0.2) is 59.0 Å². The number of methoxy groups -OCH3 is 2. The van der Waals surface area contributed by atoms with Crippen LogP contribution >= 0.6 is 12.2 Å². The highest BCUT2D eigenvalue weighted by atomic mass is 32.1. The van der Waals surface area contributed by atoms with Gasteiger partial charge in [0.2, 0.25) is 0 Å². The largest absolute Gasteiger partial charge is 0.493 e. The van der Waals surface area contributed by atoms with Gasteiger partial charge in [0.1, 0.15) is 18.1 Å². The molecule has 3 aromatic rings. The van der Waals surface area contributed by atoms with Gasteiger partial charge in [-0.25, -0.2) is 0 Å². The zero-order valence-electron chi connectivity index (χ0n) is 15.9. The number of amides is 1. The quantitative estimate of drug-likeness (QED) is 0.533. The molecule has 150 valence electrons. The second-order valence-electron chi connectivity index (χ2n) is 5.98. The minimum atomic E-state index is -0.368. The summed E-state index contributed by atoms with van der Waals surface area (Å²) in [4.78, 5) is 12.4. The summed E-state index contributed by atoms with van der Waals surface area (Å²) in [5, 5.41) is 14.8. The predicted molar refractivity (Wildman–Crippen MR) is 113 cm³/mol. The Bertz CT molecular complexity index is 1010. The Balaban J connectivity index is 1.62. The fourth-order valence-corrected chi connectivity index (χ4v) is 2.86. The highest BCUT2D eigenvalue weighted by Crippen LogP contribution is 2.27. The highest BCUT2D eigenvalue weighted by molar-refractivity contribution is 7.80. The standard InChI is InChI=1S/C21H20N2O5S/c1-26-18-9-5-14(11-19(18)27-2)20(25)23-21(29)22-15-6-3-13(4-7-15)17-10-8-16(12-24)28-17/h3-11,24H,12H2,1-2H3,(H2,22,23,25,29). The van der Waals surface area contributed by atoms with Gasteiger partial charge in [-0.3, -0.25) is 10.1 Å². The van der Waals surface area contributed by atoms with Crippen LogP contribution in [0.1, 0.15) is 16.1 Å². The number of aliphatic hydroxyl groups excluding tert-OH is 1. The minimum Gasteiger partial charge on any atom is -0.493 e. The Morgan fingerprint density at radius 3 is 2.38 bits per heavy atom. The van der Waals surface area contributed by atoms with Crippen LogP contribution in [0.5, 0.6) is 11.5 Å². The summed E-state index contributed by atoms with van der Waals surface area (Å²) >= 11 is 5.22. The molecule has 0 aliphatic rings. The average Bonchev–Trinajstić information content (AvgIpc) is 3.23. The number of rotatable bonds is 6. The third-order valence-electron chi connectivity index (χ3n) is 4.12. The van der Waals surface area contributed by atoms with Gasteiger partial charge in [-0.05, 0) is 66.8 Å². The number of anilines is 1. The number of ether oxygens (including phenoxy) is 2. The van der Waals surface area contributed by atoms with E-state index in [0.717, 1.165) is 5.56 Å². The van der Waals surface area contributed by atoms with E-state index in [4.69, 9.17) is 31.2 Å². The molecule has 0 spiro atoms. The van der Waals surface area contributed by atoms with Crippen LogP contribution in [0.25, 0.3) is 11.3 Å². The first-order chi connectivity index (χ1) is 14.0. The van der Waals surface area contributed by atoms with Crippen LogP contribution in [0, 0.1) is 0 Å². The van der Waals surface area contributed by atoms with Gasteiger partial charge in [0.15, 0.2) is 16.6 Å². The first kappa shape index (κ1) is 20.4. The van der Waals surface area contributed by atoms with Gasteiger partial charge in [0, 0.05) is 16.8 Å². The van der Waals surface area contributed by atoms with E-state index in [0.29, 0.717) is 34.3 Å². The van der Waals surface area contributed by atoms with E-state index >= 15 is 0 Å². The summed E-state index contributed by atoms with van der Waals surface area (Å²) in [6, 6.07) is 15.7. The van der Waals surface area contributed by atoms with Gasteiger partial charge in [0.25, 0.3) is 5.91 Å². The normalized spacial score (nSPS) is 10.3. The van der Waals surface area contributed by atoms with Gasteiger partial charge in [-0.15, -0.1) is 0 Å². The summed E-state index contributed by atoms with van der Waals surface area (Å²) < 4.78 is 15.9. The molecule has 0 aliphatic heterocycles. The van der Waals surface area contributed by atoms with Crippen LogP contribution in [0.4, 0.5) is 5.69 Å². The molecule has 0 bridgehead atoms. The molecule has 0 saturated heterocycles. The highest BCUT2D eigenvalue weighted by Gasteiger charge is 2.12. The maximum Gasteiger partial charge on any atom is 0.257 e. The zero-order chi connectivity index (χ0) is 20.8. The van der Waals surface area contributed by atoms with Crippen molar-refractivity contribution in [1.82, 2.24) is 5.32 Å². The number of furan rings is 1. The molecular weight excluding hydrogens is 392 g/mol. The molecule has 29 heavy (non-hydrogen) atoms. The predicted octanol–water partition coefficient (Wildman–Crippen LogP) is 3.58. The smallest absolute Gasteiger partial charge is 0.257 e. The molecule has 3 rings (SSSR count). The molecule has 0 radical (unpaired) electrons. The lowest BCUT2D eigenvalue weighted by Crippen LogP contribution is -2.34. The zero-order valence-corrected chi connectivity index (χ0v) is 16.7. The number of hydrogen-bond acceptors (Lipinski definition) is 6. The van der Waals surface area contributed by atoms with Crippen molar-refractivity contribution in [2.45, 2.75) is 6.61 Å². The number of hydrogen-bond donors (Lipinski definition) is 3. The number of benzene rings is 2. The Labute approximate surface area is 173 Å². The van der Waals surface area contributed by atoms with E-state index in [1.54, 1.807) is 30.3 Å². The number of carbonyl (C=O) groups excluding carboxylic acids is 1. The topological polar surface area (TPSA) is 93.0 Å². The van der Waals surface area contributed by atoms with E-state index in [1.165, 1.54) is 14.2 Å². The van der Waals surface area contributed by atoms with Gasteiger partial charge in [-0.1, -0.05) is 0 Å². The molecule has 0 saturated carbocycles. The van der Waals surface area contributed by atoms with E-state index in [-0.39, 0.29) is 17.6 Å². The minimum absolute atomic E-state index is 0.145.